The van der Waals surface area contributed by atoms with Crippen LogP contribution in [0.5, 0.6) is 0 Å². The first kappa shape index (κ1) is 14.1. The van der Waals surface area contributed by atoms with E-state index in [0.29, 0.717) is 6.54 Å². The summed E-state index contributed by atoms with van der Waals surface area (Å²) in [5.74, 6) is 0. The number of hydrogen-bond acceptors (Lipinski definition) is 2. The molecule has 19 heavy (non-hydrogen) atoms. The number of benzene rings is 2. The van der Waals surface area contributed by atoms with Crippen LogP contribution in [-0.4, -0.2) is 13.6 Å². The molecule has 0 atom stereocenters. The van der Waals surface area contributed by atoms with Crippen molar-refractivity contribution in [2.75, 3.05) is 18.5 Å². The second-order valence-electron chi connectivity index (χ2n) is 4.60. The van der Waals surface area contributed by atoms with Crippen molar-refractivity contribution in [3.63, 3.8) is 0 Å². The molecule has 0 aliphatic heterocycles. The molecule has 0 aliphatic carbocycles. The Labute approximate surface area is 123 Å². The van der Waals surface area contributed by atoms with Gasteiger partial charge in [-0.25, -0.2) is 0 Å². The number of anilines is 1. The minimum absolute atomic E-state index is 0.548. The Hall–Kier alpha value is -1.32. The van der Waals surface area contributed by atoms with Crippen LogP contribution < -0.4 is 10.6 Å². The molecule has 0 heterocycles. The maximum absolute atomic E-state index is 5.84. The molecule has 0 bridgehead atoms. The minimum Gasteiger partial charge on any atom is -0.374 e. The molecule has 0 aliphatic rings. The molecule has 0 saturated carbocycles. The fourth-order valence-electron chi connectivity index (χ4n) is 2.17. The number of hydrogen-bond donors (Lipinski definition) is 1. The molecular formula is C16H19BrN2. The lowest BCUT2D eigenvalue weighted by Crippen LogP contribution is -2.22. The van der Waals surface area contributed by atoms with Crippen LogP contribution in [0.4, 0.5) is 5.69 Å². The highest BCUT2D eigenvalue weighted by molar-refractivity contribution is 9.10. The topological polar surface area (TPSA) is 29.3 Å². The summed E-state index contributed by atoms with van der Waals surface area (Å²) in [4.78, 5) is 2.26. The highest BCUT2D eigenvalue weighted by atomic mass is 79.9. The number of nitrogens with zero attached hydrogens (tertiary/aromatic N) is 1. The van der Waals surface area contributed by atoms with Gasteiger partial charge in [0.25, 0.3) is 0 Å². The highest BCUT2D eigenvalue weighted by Gasteiger charge is 2.09. The largest absolute Gasteiger partial charge is 0.374 e. The molecule has 0 saturated heterocycles. The van der Waals surface area contributed by atoms with Gasteiger partial charge in [0.15, 0.2) is 0 Å². The number of halogens is 1. The zero-order valence-corrected chi connectivity index (χ0v) is 12.7. The summed E-state index contributed by atoms with van der Waals surface area (Å²) in [5.41, 5.74) is 9.57. The minimum atomic E-state index is 0.548. The molecule has 0 amide bonds. The summed E-state index contributed by atoms with van der Waals surface area (Å²) >= 11 is 3.56. The molecule has 3 heteroatoms. The van der Waals surface area contributed by atoms with Gasteiger partial charge in [0.05, 0.1) is 0 Å². The van der Waals surface area contributed by atoms with Gasteiger partial charge >= 0.3 is 0 Å². The monoisotopic (exact) mass is 318 g/mol. The van der Waals surface area contributed by atoms with Crippen LogP contribution in [-0.2, 0) is 13.0 Å². The lowest BCUT2D eigenvalue weighted by Gasteiger charge is -2.23. The van der Waals surface area contributed by atoms with Crippen LogP contribution in [0.1, 0.15) is 11.1 Å². The average Bonchev–Trinajstić information content (AvgIpc) is 2.45. The third-order valence-electron chi connectivity index (χ3n) is 3.29. The van der Waals surface area contributed by atoms with Crippen molar-refractivity contribution in [2.45, 2.75) is 13.0 Å². The summed E-state index contributed by atoms with van der Waals surface area (Å²) in [5, 5.41) is 0. The maximum Gasteiger partial charge on any atom is 0.0420 e. The Morgan fingerprint density at radius 1 is 1.05 bits per heavy atom. The summed E-state index contributed by atoms with van der Waals surface area (Å²) < 4.78 is 1.08. The molecule has 2 rings (SSSR count). The molecular weight excluding hydrogens is 300 g/mol. The third-order valence-corrected chi connectivity index (χ3v) is 4.03. The SMILES string of the molecule is CN(CCc1ccccc1)c1cccc(Br)c1CN. The van der Waals surface area contributed by atoms with Crippen molar-refractivity contribution in [2.24, 2.45) is 5.73 Å². The van der Waals surface area contributed by atoms with Crippen molar-refractivity contribution in [3.05, 3.63) is 64.1 Å². The maximum atomic E-state index is 5.84. The number of nitrogens with two attached hydrogens (primary N) is 1. The van der Waals surface area contributed by atoms with Crippen LogP contribution in [0.3, 0.4) is 0 Å². The van der Waals surface area contributed by atoms with Crippen molar-refractivity contribution < 1.29 is 0 Å². The number of rotatable bonds is 5. The molecule has 0 spiro atoms. The Morgan fingerprint density at radius 2 is 1.79 bits per heavy atom. The van der Waals surface area contributed by atoms with Crippen LogP contribution in [0.2, 0.25) is 0 Å². The van der Waals surface area contributed by atoms with E-state index in [1.807, 2.05) is 12.1 Å². The first-order chi connectivity index (χ1) is 9.22. The van der Waals surface area contributed by atoms with Crippen LogP contribution >= 0.6 is 15.9 Å². The lowest BCUT2D eigenvalue weighted by molar-refractivity contribution is 0.864. The molecule has 2 nitrogen and oxygen atoms in total. The van der Waals surface area contributed by atoms with Gasteiger partial charge in [-0.3, -0.25) is 0 Å². The highest BCUT2D eigenvalue weighted by Crippen LogP contribution is 2.26. The second-order valence-corrected chi connectivity index (χ2v) is 5.45. The summed E-state index contributed by atoms with van der Waals surface area (Å²) in [6.07, 6.45) is 1.04. The molecule has 2 N–H and O–H groups in total. The van der Waals surface area contributed by atoms with Gasteiger partial charge in [-0.15, -0.1) is 0 Å². The fraction of sp³-hybridized carbons (Fsp3) is 0.250. The molecule has 0 aromatic heterocycles. The van der Waals surface area contributed by atoms with E-state index in [9.17, 15) is 0 Å². The van der Waals surface area contributed by atoms with E-state index in [2.05, 4.69) is 64.3 Å². The van der Waals surface area contributed by atoms with Gasteiger partial charge in [0.1, 0.15) is 0 Å². The van der Waals surface area contributed by atoms with Crippen LogP contribution in [0.25, 0.3) is 0 Å². The Morgan fingerprint density at radius 3 is 2.47 bits per heavy atom. The van der Waals surface area contributed by atoms with Gasteiger partial charge in [0, 0.05) is 35.9 Å². The smallest absolute Gasteiger partial charge is 0.0420 e. The normalized spacial score (nSPS) is 10.5. The van der Waals surface area contributed by atoms with E-state index in [-0.39, 0.29) is 0 Å². The van der Waals surface area contributed by atoms with Crippen molar-refractivity contribution >= 4 is 21.6 Å². The van der Waals surface area contributed by atoms with Crippen molar-refractivity contribution in [1.82, 2.24) is 0 Å². The van der Waals surface area contributed by atoms with Gasteiger partial charge in [-0.2, -0.15) is 0 Å². The molecule has 2 aromatic carbocycles. The molecule has 0 unspecified atom stereocenters. The zero-order chi connectivity index (χ0) is 13.7. The standard InChI is InChI=1S/C16H19BrN2/c1-19(11-10-13-6-3-2-4-7-13)16-9-5-8-15(17)14(16)12-18/h2-9H,10-12,18H2,1H3. The average molecular weight is 319 g/mol. The van der Waals surface area contributed by atoms with E-state index in [4.69, 9.17) is 5.73 Å². The second kappa shape index (κ2) is 6.73. The summed E-state index contributed by atoms with van der Waals surface area (Å²) in [6, 6.07) is 16.8. The molecule has 0 radical (unpaired) electrons. The first-order valence-electron chi connectivity index (χ1n) is 6.45. The number of likely N-dealkylation sites (N-methyl/N-ethyl adjacent to an activating group) is 1. The quantitative estimate of drug-likeness (QED) is 0.912. The van der Waals surface area contributed by atoms with E-state index in [1.165, 1.54) is 11.3 Å². The van der Waals surface area contributed by atoms with Gasteiger partial charge in [0.2, 0.25) is 0 Å². The fourth-order valence-corrected chi connectivity index (χ4v) is 2.69. The zero-order valence-electron chi connectivity index (χ0n) is 11.1. The van der Waals surface area contributed by atoms with Crippen LogP contribution in [0.15, 0.2) is 53.0 Å². The van der Waals surface area contributed by atoms with E-state index in [1.54, 1.807) is 0 Å². The van der Waals surface area contributed by atoms with E-state index in [0.717, 1.165) is 23.0 Å². The lowest BCUT2D eigenvalue weighted by atomic mass is 10.1. The summed E-state index contributed by atoms with van der Waals surface area (Å²) in [6.45, 7) is 1.53. The molecule has 0 fully saturated rings. The summed E-state index contributed by atoms with van der Waals surface area (Å²) in [7, 11) is 2.11. The third kappa shape index (κ3) is 3.58. The molecule has 100 valence electrons. The molecule has 2 aromatic rings. The Balaban J connectivity index is 2.08. The predicted octanol–water partition coefficient (Wildman–Crippen LogP) is 3.59. The predicted molar refractivity (Wildman–Crippen MR) is 85.4 cm³/mol. The van der Waals surface area contributed by atoms with Crippen molar-refractivity contribution in [1.29, 1.82) is 0 Å². The van der Waals surface area contributed by atoms with Gasteiger partial charge < -0.3 is 10.6 Å². The van der Waals surface area contributed by atoms with Gasteiger partial charge in [-0.05, 0) is 24.1 Å². The van der Waals surface area contributed by atoms with Gasteiger partial charge in [-0.1, -0.05) is 52.3 Å². The van der Waals surface area contributed by atoms with Crippen molar-refractivity contribution in [3.8, 4) is 0 Å². The first-order valence-corrected chi connectivity index (χ1v) is 7.24. The van der Waals surface area contributed by atoms with E-state index < -0.39 is 0 Å². The van der Waals surface area contributed by atoms with Crippen LogP contribution in [0, 0.1) is 0 Å². The van der Waals surface area contributed by atoms with E-state index >= 15 is 0 Å². The Kier molecular flexibility index (Phi) is 5.00. The Bertz CT molecular complexity index is 526.